The summed E-state index contributed by atoms with van der Waals surface area (Å²) in [6, 6.07) is 4.16. The fourth-order valence-corrected chi connectivity index (χ4v) is 2.50. The lowest BCUT2D eigenvalue weighted by molar-refractivity contribution is -0.125. The van der Waals surface area contributed by atoms with E-state index in [1.165, 1.54) is 18.2 Å². The van der Waals surface area contributed by atoms with E-state index in [9.17, 15) is 18.7 Å². The van der Waals surface area contributed by atoms with E-state index in [0.717, 1.165) is 0 Å². The van der Waals surface area contributed by atoms with Crippen molar-refractivity contribution < 1.29 is 23.4 Å². The summed E-state index contributed by atoms with van der Waals surface area (Å²) in [6.07, 6.45) is -1.75. The second kappa shape index (κ2) is 5.08. The van der Waals surface area contributed by atoms with Gasteiger partial charge >= 0.3 is 6.09 Å². The zero-order chi connectivity index (χ0) is 16.8. The fraction of sp³-hybridized carbons (Fsp3) is 0.533. The number of amides is 1. The molecule has 0 heterocycles. The summed E-state index contributed by atoms with van der Waals surface area (Å²) in [6.45, 7) is 5.17. The van der Waals surface area contributed by atoms with Crippen LogP contribution in [0.25, 0.3) is 0 Å². The molecule has 122 valence electrons. The van der Waals surface area contributed by atoms with E-state index < -0.39 is 36.0 Å². The number of benzene rings is 1. The van der Waals surface area contributed by atoms with Crippen LogP contribution in [0.1, 0.15) is 39.2 Å². The van der Waals surface area contributed by atoms with Gasteiger partial charge in [0.2, 0.25) is 0 Å². The summed E-state index contributed by atoms with van der Waals surface area (Å²) in [7, 11) is 0. The largest absolute Gasteiger partial charge is 0.508 e. The van der Waals surface area contributed by atoms with Crippen molar-refractivity contribution in [2.45, 2.75) is 50.7 Å². The average molecular weight is 314 g/mol. The summed E-state index contributed by atoms with van der Waals surface area (Å²) in [5.74, 6) is -3.00. The number of phenols is 1. The van der Waals surface area contributed by atoms with Gasteiger partial charge in [-0.25, -0.2) is 13.6 Å². The molecule has 1 saturated carbocycles. The van der Waals surface area contributed by atoms with Crippen LogP contribution >= 0.6 is 0 Å². The molecule has 0 unspecified atom stereocenters. The van der Waals surface area contributed by atoms with Crippen LogP contribution < -0.4 is 11.1 Å². The summed E-state index contributed by atoms with van der Waals surface area (Å²) >= 11 is 0. The Morgan fingerprint density at radius 2 is 1.95 bits per heavy atom. The number of alkyl halides is 2. The van der Waals surface area contributed by atoms with Crippen LogP contribution in [0.15, 0.2) is 18.2 Å². The molecule has 0 radical (unpaired) electrons. The molecule has 2 rings (SSSR count). The Kier molecular flexibility index (Phi) is 3.81. The van der Waals surface area contributed by atoms with Gasteiger partial charge < -0.3 is 15.6 Å². The number of hydrogen-bond acceptors (Lipinski definition) is 4. The second-order valence-corrected chi connectivity index (χ2v) is 6.72. The molecule has 1 amide bonds. The fourth-order valence-electron chi connectivity index (χ4n) is 2.50. The van der Waals surface area contributed by atoms with Gasteiger partial charge in [-0.2, -0.15) is 0 Å². The van der Waals surface area contributed by atoms with Gasteiger partial charge in [-0.3, -0.25) is 5.32 Å². The third-order valence-electron chi connectivity index (χ3n) is 3.33. The first-order valence-electron chi connectivity index (χ1n) is 6.90. The van der Waals surface area contributed by atoms with Crippen molar-refractivity contribution in [2.24, 2.45) is 5.73 Å². The second-order valence-electron chi connectivity index (χ2n) is 6.72. The standard InChI is InChI=1S/C15H20F2N2O3/c1-13(2,3)22-12(21)19-9-4-5-11(20)10(6-9)14(18)7-15(16,17)8-14/h4-6,20H,7-8,18H2,1-3H3,(H,19,21). The number of phenolic OH excluding ortho intramolecular Hbond substituents is 1. The molecule has 0 saturated heterocycles. The van der Waals surface area contributed by atoms with Gasteiger partial charge in [0, 0.05) is 24.1 Å². The van der Waals surface area contributed by atoms with Gasteiger partial charge in [-0.15, -0.1) is 0 Å². The molecule has 22 heavy (non-hydrogen) atoms. The summed E-state index contributed by atoms with van der Waals surface area (Å²) in [5.41, 5.74) is 4.48. The van der Waals surface area contributed by atoms with Crippen LogP contribution in [0.3, 0.4) is 0 Å². The van der Waals surface area contributed by atoms with Crippen LogP contribution in [0, 0.1) is 0 Å². The molecular formula is C15H20F2N2O3. The Labute approximate surface area is 127 Å². The van der Waals surface area contributed by atoms with E-state index in [2.05, 4.69) is 5.32 Å². The third-order valence-corrected chi connectivity index (χ3v) is 3.33. The number of hydrogen-bond donors (Lipinski definition) is 3. The monoisotopic (exact) mass is 314 g/mol. The molecule has 5 nitrogen and oxygen atoms in total. The van der Waals surface area contributed by atoms with Gasteiger partial charge in [0.15, 0.2) is 0 Å². The maximum absolute atomic E-state index is 13.1. The first-order chi connectivity index (χ1) is 9.90. The number of carbonyl (C=O) groups excluding carboxylic acids is 1. The van der Waals surface area contributed by atoms with E-state index in [0.29, 0.717) is 5.69 Å². The summed E-state index contributed by atoms with van der Waals surface area (Å²) in [4.78, 5) is 11.7. The number of ether oxygens (including phenoxy) is 1. The smallest absolute Gasteiger partial charge is 0.412 e. The Morgan fingerprint density at radius 1 is 1.36 bits per heavy atom. The van der Waals surface area contributed by atoms with Crippen LogP contribution in [0.5, 0.6) is 5.75 Å². The lowest BCUT2D eigenvalue weighted by Crippen LogP contribution is -2.55. The van der Waals surface area contributed by atoms with Crippen molar-refractivity contribution >= 4 is 11.8 Å². The van der Waals surface area contributed by atoms with Crippen molar-refractivity contribution in [1.29, 1.82) is 0 Å². The average Bonchev–Trinajstić information content (AvgIpc) is 2.26. The van der Waals surface area contributed by atoms with Crippen LogP contribution in [-0.2, 0) is 10.3 Å². The highest BCUT2D eigenvalue weighted by Crippen LogP contribution is 2.52. The van der Waals surface area contributed by atoms with E-state index in [1.54, 1.807) is 20.8 Å². The first-order valence-corrected chi connectivity index (χ1v) is 6.90. The summed E-state index contributed by atoms with van der Waals surface area (Å²) in [5, 5.41) is 12.3. The highest BCUT2D eigenvalue weighted by atomic mass is 19.3. The molecule has 0 spiro atoms. The maximum atomic E-state index is 13.1. The van der Waals surface area contributed by atoms with Crippen LogP contribution in [-0.4, -0.2) is 22.7 Å². The number of aromatic hydroxyl groups is 1. The van der Waals surface area contributed by atoms with Crippen molar-refractivity contribution in [3.05, 3.63) is 23.8 Å². The molecule has 1 fully saturated rings. The normalized spacial score (nSPS) is 19.2. The molecule has 1 aliphatic carbocycles. The minimum absolute atomic E-state index is 0.173. The number of nitrogens with two attached hydrogens (primary N) is 1. The Balaban J connectivity index is 2.16. The van der Waals surface area contributed by atoms with E-state index in [4.69, 9.17) is 10.5 Å². The van der Waals surface area contributed by atoms with Gasteiger partial charge in [-0.05, 0) is 39.0 Å². The van der Waals surface area contributed by atoms with Gasteiger partial charge in [0.05, 0.1) is 5.54 Å². The summed E-state index contributed by atoms with van der Waals surface area (Å²) < 4.78 is 31.3. The molecule has 1 aromatic carbocycles. The minimum atomic E-state index is -2.82. The Morgan fingerprint density at radius 3 is 2.45 bits per heavy atom. The minimum Gasteiger partial charge on any atom is -0.508 e. The topological polar surface area (TPSA) is 84.6 Å². The van der Waals surface area contributed by atoms with Gasteiger partial charge in [0.1, 0.15) is 11.4 Å². The molecule has 7 heteroatoms. The van der Waals surface area contributed by atoms with Gasteiger partial charge in [-0.1, -0.05) is 0 Å². The molecular weight excluding hydrogens is 294 g/mol. The molecule has 1 aromatic rings. The molecule has 0 atom stereocenters. The highest BCUT2D eigenvalue weighted by Gasteiger charge is 2.56. The van der Waals surface area contributed by atoms with E-state index in [1.807, 2.05) is 0 Å². The predicted molar refractivity (Wildman–Crippen MR) is 78.0 cm³/mol. The number of halogens is 2. The Hall–Kier alpha value is -1.89. The SMILES string of the molecule is CC(C)(C)OC(=O)Nc1ccc(O)c(C2(N)CC(F)(F)C2)c1. The van der Waals surface area contributed by atoms with Gasteiger partial charge in [0.25, 0.3) is 5.92 Å². The zero-order valence-corrected chi connectivity index (χ0v) is 12.7. The van der Waals surface area contributed by atoms with E-state index >= 15 is 0 Å². The lowest BCUT2D eigenvalue weighted by Gasteiger charge is -2.45. The molecule has 1 aliphatic rings. The van der Waals surface area contributed by atoms with Crippen LogP contribution in [0.2, 0.25) is 0 Å². The third kappa shape index (κ3) is 3.65. The predicted octanol–water partition coefficient (Wildman–Crippen LogP) is 3.32. The number of carbonyl (C=O) groups is 1. The number of rotatable bonds is 2. The van der Waals surface area contributed by atoms with E-state index in [-0.39, 0.29) is 11.3 Å². The Bertz CT molecular complexity index is 589. The zero-order valence-electron chi connectivity index (χ0n) is 12.7. The molecule has 0 aromatic heterocycles. The van der Waals surface area contributed by atoms with Crippen LogP contribution in [0.4, 0.5) is 19.3 Å². The molecule has 4 N–H and O–H groups in total. The van der Waals surface area contributed by atoms with Crippen molar-refractivity contribution in [3.63, 3.8) is 0 Å². The molecule has 0 bridgehead atoms. The number of anilines is 1. The highest BCUT2D eigenvalue weighted by molar-refractivity contribution is 5.85. The van der Waals surface area contributed by atoms with Crippen molar-refractivity contribution in [1.82, 2.24) is 0 Å². The van der Waals surface area contributed by atoms with Crippen molar-refractivity contribution in [2.75, 3.05) is 5.32 Å². The first kappa shape index (κ1) is 16.5. The van der Waals surface area contributed by atoms with Crippen molar-refractivity contribution in [3.8, 4) is 5.75 Å². The number of nitrogens with one attached hydrogen (secondary N) is 1. The lowest BCUT2D eigenvalue weighted by atomic mass is 9.69. The molecule has 0 aliphatic heterocycles. The quantitative estimate of drug-likeness (QED) is 0.731. The maximum Gasteiger partial charge on any atom is 0.412 e.